The van der Waals surface area contributed by atoms with E-state index in [1.165, 1.54) is 24.3 Å². The molecule has 6 heteroatoms. The molecule has 2 N–H and O–H groups in total. The van der Waals surface area contributed by atoms with Crippen LogP contribution in [0, 0.1) is 5.41 Å². The molecule has 1 aromatic carbocycles. The molecule has 1 aromatic heterocycles. The third-order valence-electron chi connectivity index (χ3n) is 3.59. The molecule has 1 heterocycles. The van der Waals surface area contributed by atoms with Crippen molar-refractivity contribution >= 4 is 11.9 Å². The number of nitrogens with zero attached hydrogens (tertiary/aromatic N) is 2. The van der Waals surface area contributed by atoms with Gasteiger partial charge in [0, 0.05) is 24.4 Å². The monoisotopic (exact) mass is 315 g/mol. The Balaban J connectivity index is 2.22. The molecule has 1 atom stereocenters. The molecule has 0 radical (unpaired) electrons. The van der Waals surface area contributed by atoms with E-state index in [2.05, 4.69) is 10.4 Å². The minimum atomic E-state index is -1.01. The highest BCUT2D eigenvalue weighted by Gasteiger charge is 2.29. The number of aryl methyl sites for hydroxylation is 1. The molecule has 0 unspecified atom stereocenters. The van der Waals surface area contributed by atoms with E-state index in [-0.39, 0.29) is 22.9 Å². The zero-order valence-corrected chi connectivity index (χ0v) is 13.7. The molecule has 1 amide bonds. The lowest BCUT2D eigenvalue weighted by Gasteiger charge is -2.30. The molecule has 0 aliphatic heterocycles. The average Bonchev–Trinajstić information content (AvgIpc) is 2.89. The zero-order chi connectivity index (χ0) is 17.2. The summed E-state index contributed by atoms with van der Waals surface area (Å²) in [6.45, 7) is 6.12. The number of aromatic carboxylic acids is 1. The number of carbonyl (C=O) groups excluding carboxylic acids is 1. The lowest BCUT2D eigenvalue weighted by Crippen LogP contribution is -2.36. The summed E-state index contributed by atoms with van der Waals surface area (Å²) in [7, 11) is 1.83. The average molecular weight is 315 g/mol. The Bertz CT molecular complexity index is 711. The highest BCUT2D eigenvalue weighted by atomic mass is 16.4. The van der Waals surface area contributed by atoms with Crippen LogP contribution >= 0.6 is 0 Å². The van der Waals surface area contributed by atoms with Gasteiger partial charge < -0.3 is 10.4 Å². The molecule has 2 rings (SSSR count). The number of carbonyl (C=O) groups is 2. The molecule has 122 valence electrons. The van der Waals surface area contributed by atoms with Crippen molar-refractivity contribution in [3.8, 4) is 0 Å². The quantitative estimate of drug-likeness (QED) is 0.908. The summed E-state index contributed by atoms with van der Waals surface area (Å²) in [5.74, 6) is -1.26. The third kappa shape index (κ3) is 3.97. The number of rotatable bonds is 4. The summed E-state index contributed by atoms with van der Waals surface area (Å²) >= 11 is 0. The first-order chi connectivity index (χ1) is 10.7. The standard InChI is InChI=1S/C17H21N3O3/c1-17(2,3)14(13-9-18-20(4)10-13)19-15(21)11-5-7-12(8-6-11)16(22)23/h5-10,14H,1-4H3,(H,19,21)(H,22,23)/t14-/m0/s1. The van der Waals surface area contributed by atoms with Gasteiger partial charge in [0.25, 0.3) is 5.91 Å². The van der Waals surface area contributed by atoms with E-state index >= 15 is 0 Å². The molecule has 2 aromatic rings. The molecule has 0 aliphatic carbocycles. The Morgan fingerprint density at radius 1 is 1.17 bits per heavy atom. The van der Waals surface area contributed by atoms with E-state index < -0.39 is 5.97 Å². The van der Waals surface area contributed by atoms with Crippen molar-refractivity contribution in [2.45, 2.75) is 26.8 Å². The first-order valence-electron chi connectivity index (χ1n) is 7.31. The van der Waals surface area contributed by atoms with Gasteiger partial charge in [-0.2, -0.15) is 5.10 Å². The van der Waals surface area contributed by atoms with E-state index in [1.54, 1.807) is 10.9 Å². The molecule has 0 aliphatic rings. The second-order valence-corrected chi connectivity index (χ2v) is 6.60. The number of carboxylic acids is 1. The first-order valence-corrected chi connectivity index (χ1v) is 7.31. The molecule has 0 fully saturated rings. The molecular formula is C17H21N3O3. The van der Waals surface area contributed by atoms with Gasteiger partial charge in [0.1, 0.15) is 0 Å². The van der Waals surface area contributed by atoms with Gasteiger partial charge in [-0.05, 0) is 29.7 Å². The lowest BCUT2D eigenvalue weighted by molar-refractivity contribution is 0.0696. The Labute approximate surface area is 135 Å². The molecule has 6 nitrogen and oxygen atoms in total. The number of amides is 1. The predicted molar refractivity (Wildman–Crippen MR) is 86.3 cm³/mol. The van der Waals surface area contributed by atoms with E-state index in [4.69, 9.17) is 5.11 Å². The summed E-state index contributed by atoms with van der Waals surface area (Å²) in [5.41, 5.74) is 1.31. The van der Waals surface area contributed by atoms with E-state index in [9.17, 15) is 9.59 Å². The van der Waals surface area contributed by atoms with Gasteiger partial charge in [-0.1, -0.05) is 20.8 Å². The Kier molecular flexibility index (Phi) is 4.54. The molecule has 0 bridgehead atoms. The van der Waals surface area contributed by atoms with Crippen LogP contribution in [0.1, 0.15) is 53.1 Å². The largest absolute Gasteiger partial charge is 0.478 e. The highest BCUT2D eigenvalue weighted by Crippen LogP contribution is 2.32. The highest BCUT2D eigenvalue weighted by molar-refractivity contribution is 5.96. The second-order valence-electron chi connectivity index (χ2n) is 6.60. The van der Waals surface area contributed by atoms with Crippen LogP contribution in [0.25, 0.3) is 0 Å². The maximum absolute atomic E-state index is 12.5. The fourth-order valence-corrected chi connectivity index (χ4v) is 2.37. The van der Waals surface area contributed by atoms with Crippen LogP contribution in [0.3, 0.4) is 0 Å². The fraction of sp³-hybridized carbons (Fsp3) is 0.353. The molecule has 23 heavy (non-hydrogen) atoms. The topological polar surface area (TPSA) is 84.2 Å². The van der Waals surface area contributed by atoms with Crippen molar-refractivity contribution in [2.24, 2.45) is 12.5 Å². The number of aromatic nitrogens is 2. The van der Waals surface area contributed by atoms with E-state index in [0.29, 0.717) is 5.56 Å². The van der Waals surface area contributed by atoms with Crippen LogP contribution in [-0.2, 0) is 7.05 Å². The summed E-state index contributed by atoms with van der Waals surface area (Å²) in [6.07, 6.45) is 3.62. The van der Waals surface area contributed by atoms with Crippen LogP contribution in [0.15, 0.2) is 36.7 Å². The summed E-state index contributed by atoms with van der Waals surface area (Å²) < 4.78 is 1.70. The smallest absolute Gasteiger partial charge is 0.335 e. The number of nitrogens with one attached hydrogen (secondary N) is 1. The SMILES string of the molecule is Cn1cc([C@H](NC(=O)c2ccc(C(=O)O)cc2)C(C)(C)C)cn1. The van der Waals surface area contributed by atoms with Crippen LogP contribution < -0.4 is 5.32 Å². The molecule has 0 spiro atoms. The van der Waals surface area contributed by atoms with Crippen molar-refractivity contribution in [1.82, 2.24) is 15.1 Å². The Hall–Kier alpha value is -2.63. The third-order valence-corrected chi connectivity index (χ3v) is 3.59. The second kappa shape index (κ2) is 6.24. The van der Waals surface area contributed by atoms with Gasteiger partial charge in [-0.15, -0.1) is 0 Å². The van der Waals surface area contributed by atoms with Crippen molar-refractivity contribution in [3.63, 3.8) is 0 Å². The minimum absolute atomic E-state index is 0.154. The summed E-state index contributed by atoms with van der Waals surface area (Å²) in [4.78, 5) is 23.3. The van der Waals surface area contributed by atoms with Crippen LogP contribution in [0.2, 0.25) is 0 Å². The number of benzene rings is 1. The van der Waals surface area contributed by atoms with Gasteiger partial charge in [0.15, 0.2) is 0 Å². The van der Waals surface area contributed by atoms with Crippen LogP contribution in [0.5, 0.6) is 0 Å². The number of hydrogen-bond acceptors (Lipinski definition) is 3. The summed E-state index contributed by atoms with van der Waals surface area (Å²) in [5, 5.41) is 16.1. The van der Waals surface area contributed by atoms with Crippen molar-refractivity contribution in [3.05, 3.63) is 53.3 Å². The number of hydrogen-bond donors (Lipinski definition) is 2. The van der Waals surface area contributed by atoms with Gasteiger partial charge in [0.05, 0.1) is 17.8 Å². The van der Waals surface area contributed by atoms with E-state index in [1.807, 2.05) is 34.0 Å². The van der Waals surface area contributed by atoms with Gasteiger partial charge in [-0.3, -0.25) is 9.48 Å². The van der Waals surface area contributed by atoms with Crippen molar-refractivity contribution < 1.29 is 14.7 Å². The maximum atomic E-state index is 12.5. The Morgan fingerprint density at radius 3 is 2.17 bits per heavy atom. The molecule has 0 saturated carbocycles. The Morgan fingerprint density at radius 2 is 1.74 bits per heavy atom. The lowest BCUT2D eigenvalue weighted by atomic mass is 9.83. The van der Waals surface area contributed by atoms with Gasteiger partial charge in [-0.25, -0.2) is 4.79 Å². The zero-order valence-electron chi connectivity index (χ0n) is 13.7. The van der Waals surface area contributed by atoms with Gasteiger partial charge >= 0.3 is 5.97 Å². The van der Waals surface area contributed by atoms with Crippen molar-refractivity contribution in [2.75, 3.05) is 0 Å². The summed E-state index contributed by atoms with van der Waals surface area (Å²) in [6, 6.07) is 5.67. The van der Waals surface area contributed by atoms with Crippen molar-refractivity contribution in [1.29, 1.82) is 0 Å². The van der Waals surface area contributed by atoms with Crippen LogP contribution in [-0.4, -0.2) is 26.8 Å². The maximum Gasteiger partial charge on any atom is 0.335 e. The van der Waals surface area contributed by atoms with Gasteiger partial charge in [0.2, 0.25) is 0 Å². The molecule has 0 saturated heterocycles. The normalized spacial score (nSPS) is 12.7. The fourth-order valence-electron chi connectivity index (χ4n) is 2.37. The molecular weight excluding hydrogens is 294 g/mol. The number of carboxylic acid groups (broad SMARTS) is 1. The predicted octanol–water partition coefficient (Wildman–Crippen LogP) is 2.64. The minimum Gasteiger partial charge on any atom is -0.478 e. The first kappa shape index (κ1) is 16.7. The van der Waals surface area contributed by atoms with E-state index in [0.717, 1.165) is 5.56 Å². The van der Waals surface area contributed by atoms with Crippen LogP contribution in [0.4, 0.5) is 0 Å².